The van der Waals surface area contributed by atoms with E-state index in [1.54, 1.807) is 11.0 Å². The van der Waals surface area contributed by atoms with E-state index in [9.17, 15) is 18.0 Å². The molecule has 144 valence electrons. The molecule has 27 heavy (non-hydrogen) atoms. The third-order valence-electron chi connectivity index (χ3n) is 4.29. The van der Waals surface area contributed by atoms with Gasteiger partial charge >= 0.3 is 6.18 Å². The number of alkyl halides is 3. The number of nitrogens with one attached hydrogen (secondary N) is 1. The highest BCUT2D eigenvalue weighted by Gasteiger charge is 2.32. The van der Waals surface area contributed by atoms with Gasteiger partial charge in [-0.05, 0) is 25.0 Å². The van der Waals surface area contributed by atoms with Crippen LogP contribution in [0.2, 0.25) is 0 Å². The molecule has 0 aromatic carbocycles. The minimum Gasteiger partial charge on any atom is -0.481 e. The maximum absolute atomic E-state index is 12.6. The zero-order valence-corrected chi connectivity index (χ0v) is 14.5. The minimum absolute atomic E-state index is 0.124. The lowest BCUT2D eigenvalue weighted by Crippen LogP contribution is -2.42. The van der Waals surface area contributed by atoms with E-state index in [1.807, 2.05) is 0 Å². The maximum atomic E-state index is 12.6. The second kappa shape index (κ2) is 7.77. The predicted octanol–water partition coefficient (Wildman–Crippen LogP) is 2.62. The number of piperidine rings is 1. The Morgan fingerprint density at radius 2 is 1.96 bits per heavy atom. The van der Waals surface area contributed by atoms with Crippen molar-refractivity contribution in [1.29, 1.82) is 0 Å². The molecule has 10 heteroatoms. The molecule has 2 aromatic heterocycles. The molecule has 7 nitrogen and oxygen atoms in total. The van der Waals surface area contributed by atoms with Gasteiger partial charge in [0.05, 0.1) is 12.7 Å². The number of likely N-dealkylation sites (tertiary alicyclic amines) is 1. The molecule has 1 N–H and O–H groups in total. The van der Waals surface area contributed by atoms with Crippen molar-refractivity contribution in [2.24, 2.45) is 0 Å². The lowest BCUT2D eigenvalue weighted by atomic mass is 10.0. The van der Waals surface area contributed by atoms with Crippen LogP contribution < -0.4 is 10.1 Å². The average Bonchev–Trinajstić information content (AvgIpc) is 2.67. The number of carbonyl (C=O) groups excluding carboxylic acids is 1. The molecule has 1 fully saturated rings. The number of nitrogens with zero attached hydrogens (tertiary/aromatic N) is 4. The standard InChI is InChI=1S/C17H18F3N5O2/c1-27-15-8-14(22-10-23-15)24-12-4-6-25(7-5-12)16(26)11-2-3-13(21-9-11)17(18,19)20/h2-3,8-10,12H,4-7H2,1H3,(H,22,23,24). The van der Waals surface area contributed by atoms with Gasteiger partial charge in [0.1, 0.15) is 17.8 Å². The molecule has 0 spiro atoms. The van der Waals surface area contributed by atoms with Crippen molar-refractivity contribution in [3.63, 3.8) is 0 Å². The van der Waals surface area contributed by atoms with Gasteiger partial charge < -0.3 is 15.0 Å². The lowest BCUT2D eigenvalue weighted by molar-refractivity contribution is -0.141. The van der Waals surface area contributed by atoms with E-state index in [0.717, 1.165) is 18.3 Å². The van der Waals surface area contributed by atoms with Crippen molar-refractivity contribution in [2.75, 3.05) is 25.5 Å². The van der Waals surface area contributed by atoms with Gasteiger partial charge in [0.25, 0.3) is 5.91 Å². The van der Waals surface area contributed by atoms with E-state index in [1.165, 1.54) is 13.4 Å². The summed E-state index contributed by atoms with van der Waals surface area (Å²) >= 11 is 0. The fourth-order valence-electron chi connectivity index (χ4n) is 2.84. The number of ether oxygens (including phenoxy) is 1. The van der Waals surface area contributed by atoms with E-state index in [0.29, 0.717) is 37.6 Å². The van der Waals surface area contributed by atoms with Gasteiger partial charge in [-0.25, -0.2) is 9.97 Å². The Morgan fingerprint density at radius 3 is 2.56 bits per heavy atom. The highest BCUT2D eigenvalue weighted by atomic mass is 19.4. The van der Waals surface area contributed by atoms with Crippen LogP contribution in [0, 0.1) is 0 Å². The molecule has 1 aliphatic heterocycles. The molecule has 1 amide bonds. The first-order valence-corrected chi connectivity index (χ1v) is 8.32. The van der Waals surface area contributed by atoms with Gasteiger partial charge in [-0.3, -0.25) is 9.78 Å². The number of hydrogen-bond acceptors (Lipinski definition) is 6. The van der Waals surface area contributed by atoms with Gasteiger partial charge in [-0.1, -0.05) is 0 Å². The zero-order valence-electron chi connectivity index (χ0n) is 14.5. The Bertz CT molecular complexity index is 790. The summed E-state index contributed by atoms with van der Waals surface area (Å²) in [6.07, 6.45) is -0.770. The SMILES string of the molecule is COc1cc(NC2CCN(C(=O)c3ccc(C(F)(F)F)nc3)CC2)ncn1. The van der Waals surface area contributed by atoms with E-state index < -0.39 is 11.9 Å². The average molecular weight is 381 g/mol. The molecule has 0 unspecified atom stereocenters. The first-order chi connectivity index (χ1) is 12.9. The van der Waals surface area contributed by atoms with Gasteiger partial charge in [-0.2, -0.15) is 13.2 Å². The number of halogens is 3. The molecule has 1 saturated heterocycles. The van der Waals surface area contributed by atoms with E-state index >= 15 is 0 Å². The summed E-state index contributed by atoms with van der Waals surface area (Å²) in [5.74, 6) is 0.770. The topological polar surface area (TPSA) is 80.2 Å². The number of hydrogen-bond donors (Lipinski definition) is 1. The predicted molar refractivity (Wildman–Crippen MR) is 90.4 cm³/mol. The molecule has 0 bridgehead atoms. The van der Waals surface area contributed by atoms with Crippen LogP contribution in [0.25, 0.3) is 0 Å². The quantitative estimate of drug-likeness (QED) is 0.877. The Hall–Kier alpha value is -2.91. The smallest absolute Gasteiger partial charge is 0.433 e. The highest BCUT2D eigenvalue weighted by molar-refractivity contribution is 5.94. The van der Waals surface area contributed by atoms with Crippen LogP contribution >= 0.6 is 0 Å². The molecular formula is C17H18F3N5O2. The second-order valence-corrected chi connectivity index (χ2v) is 6.09. The fourth-order valence-corrected chi connectivity index (χ4v) is 2.84. The van der Waals surface area contributed by atoms with Crippen LogP contribution in [-0.2, 0) is 6.18 Å². The van der Waals surface area contributed by atoms with Crippen molar-refractivity contribution in [1.82, 2.24) is 19.9 Å². The van der Waals surface area contributed by atoms with Crippen molar-refractivity contribution in [3.05, 3.63) is 42.0 Å². The Labute approximate surface area is 153 Å². The van der Waals surface area contributed by atoms with Gasteiger partial charge in [0, 0.05) is 31.4 Å². The number of anilines is 1. The Kier molecular flexibility index (Phi) is 5.43. The lowest BCUT2D eigenvalue weighted by Gasteiger charge is -2.32. The molecule has 0 radical (unpaired) electrons. The van der Waals surface area contributed by atoms with Crippen LogP contribution in [0.15, 0.2) is 30.7 Å². The second-order valence-electron chi connectivity index (χ2n) is 6.09. The molecule has 1 aliphatic rings. The van der Waals surface area contributed by atoms with Crippen molar-refractivity contribution < 1.29 is 22.7 Å². The van der Waals surface area contributed by atoms with Crippen LogP contribution in [0.4, 0.5) is 19.0 Å². The first kappa shape index (κ1) is 18.9. The van der Waals surface area contributed by atoms with Crippen molar-refractivity contribution >= 4 is 11.7 Å². The number of pyridine rings is 1. The van der Waals surface area contributed by atoms with Gasteiger partial charge in [-0.15, -0.1) is 0 Å². The van der Waals surface area contributed by atoms with Gasteiger partial charge in [0.15, 0.2) is 0 Å². The highest BCUT2D eigenvalue weighted by Crippen LogP contribution is 2.27. The fraction of sp³-hybridized carbons (Fsp3) is 0.412. The van der Waals surface area contributed by atoms with E-state index in [4.69, 9.17) is 4.74 Å². The van der Waals surface area contributed by atoms with Crippen LogP contribution in [-0.4, -0.2) is 52.0 Å². The number of methoxy groups -OCH3 is 1. The summed E-state index contributed by atoms with van der Waals surface area (Å²) in [4.78, 5) is 25.5. The summed E-state index contributed by atoms with van der Waals surface area (Å²) in [5.41, 5.74) is -0.864. The van der Waals surface area contributed by atoms with E-state index in [-0.39, 0.29) is 17.5 Å². The van der Waals surface area contributed by atoms with Gasteiger partial charge in [0.2, 0.25) is 5.88 Å². The summed E-state index contributed by atoms with van der Waals surface area (Å²) in [6, 6.07) is 3.80. The largest absolute Gasteiger partial charge is 0.481 e. The summed E-state index contributed by atoms with van der Waals surface area (Å²) in [6.45, 7) is 0.972. The van der Waals surface area contributed by atoms with Crippen LogP contribution in [0.5, 0.6) is 5.88 Å². The maximum Gasteiger partial charge on any atom is 0.433 e. The molecule has 2 aromatic rings. The number of rotatable bonds is 4. The van der Waals surface area contributed by atoms with Crippen LogP contribution in [0.1, 0.15) is 28.9 Å². The van der Waals surface area contributed by atoms with Crippen molar-refractivity contribution in [2.45, 2.75) is 25.1 Å². The summed E-state index contributed by atoms with van der Waals surface area (Å²) in [5, 5.41) is 3.27. The Balaban J connectivity index is 1.56. The van der Waals surface area contributed by atoms with E-state index in [2.05, 4.69) is 20.3 Å². The van der Waals surface area contributed by atoms with Crippen molar-refractivity contribution in [3.8, 4) is 5.88 Å². The molecule has 0 atom stereocenters. The monoisotopic (exact) mass is 381 g/mol. The van der Waals surface area contributed by atoms with Crippen LogP contribution in [0.3, 0.4) is 0 Å². The minimum atomic E-state index is -4.52. The normalized spacial score (nSPS) is 15.5. The molecule has 3 heterocycles. The Morgan fingerprint density at radius 1 is 1.22 bits per heavy atom. The number of amides is 1. The summed E-state index contributed by atoms with van der Waals surface area (Å²) in [7, 11) is 1.52. The molecule has 0 saturated carbocycles. The molecule has 0 aliphatic carbocycles. The molecular weight excluding hydrogens is 363 g/mol. The number of aromatic nitrogens is 3. The third-order valence-corrected chi connectivity index (χ3v) is 4.29. The summed E-state index contributed by atoms with van der Waals surface area (Å²) < 4.78 is 42.7. The third kappa shape index (κ3) is 4.63. The first-order valence-electron chi connectivity index (χ1n) is 8.32. The zero-order chi connectivity index (χ0) is 19.4. The number of carbonyl (C=O) groups is 1. The molecule has 3 rings (SSSR count).